The number of amides is 1. The van der Waals surface area contributed by atoms with Crippen LogP contribution in [0, 0.1) is 12.8 Å². The van der Waals surface area contributed by atoms with Gasteiger partial charge in [-0.3, -0.25) is 24.1 Å². The Morgan fingerprint density at radius 3 is 2.58 bits per heavy atom. The number of aryl methyl sites for hydroxylation is 1. The summed E-state index contributed by atoms with van der Waals surface area (Å²) in [5, 5.41) is 23.5. The second-order valence-corrected chi connectivity index (χ2v) is 12.8. The lowest BCUT2D eigenvalue weighted by molar-refractivity contribution is -0.143. The minimum atomic E-state index is -0.984. The van der Waals surface area contributed by atoms with Crippen LogP contribution in [0.2, 0.25) is 0 Å². The number of unbranched alkanes of at least 4 members (excludes halogenated alkanes) is 2. The summed E-state index contributed by atoms with van der Waals surface area (Å²) in [6.07, 6.45) is 7.27. The minimum Gasteiger partial charge on any atom is -0.481 e. The van der Waals surface area contributed by atoms with E-state index in [-0.39, 0.29) is 24.8 Å². The van der Waals surface area contributed by atoms with Gasteiger partial charge in [0.2, 0.25) is 11.9 Å². The predicted molar refractivity (Wildman–Crippen MR) is 185 cm³/mol. The molecule has 14 heteroatoms. The lowest BCUT2D eigenvalue weighted by Crippen LogP contribution is -2.46. The molecule has 3 aromatic heterocycles. The fourth-order valence-corrected chi connectivity index (χ4v) is 6.01. The number of fused-ring (bicyclic) bond motifs is 1. The van der Waals surface area contributed by atoms with Crippen LogP contribution >= 0.6 is 0 Å². The van der Waals surface area contributed by atoms with Crippen LogP contribution in [0.1, 0.15) is 61.9 Å². The molecule has 1 aliphatic heterocycles. The molecule has 1 unspecified atom stereocenters. The van der Waals surface area contributed by atoms with Crippen molar-refractivity contribution in [1.82, 2.24) is 44.6 Å². The van der Waals surface area contributed by atoms with Gasteiger partial charge in [0.25, 0.3) is 0 Å². The molecule has 4 aromatic rings. The van der Waals surface area contributed by atoms with Crippen LogP contribution in [0.3, 0.4) is 0 Å². The summed E-state index contributed by atoms with van der Waals surface area (Å²) in [6.45, 7) is 14.2. The molecule has 0 saturated carbocycles. The fraction of sp³-hybridized carbons (Fsp3) is 0.529. The van der Waals surface area contributed by atoms with Crippen LogP contribution in [-0.4, -0.2) is 95.6 Å². The van der Waals surface area contributed by atoms with Gasteiger partial charge in [0.1, 0.15) is 11.2 Å². The summed E-state index contributed by atoms with van der Waals surface area (Å²) in [5.74, 6) is -0.931. The van der Waals surface area contributed by atoms with Crippen molar-refractivity contribution in [1.29, 1.82) is 0 Å². The molecular formula is C34H49N11O3. The quantitative estimate of drug-likeness (QED) is 0.123. The zero-order chi connectivity index (χ0) is 34.0. The number of anilines is 2. The number of nitrogens with two attached hydrogens (primary N) is 1. The molecule has 1 amide bonds. The molecule has 258 valence electrons. The monoisotopic (exact) mass is 659 g/mol. The largest absolute Gasteiger partial charge is 0.481 e. The van der Waals surface area contributed by atoms with Crippen molar-refractivity contribution in [2.75, 3.05) is 50.3 Å². The first kappa shape index (κ1) is 34.8. The molecule has 0 bridgehead atoms. The molecule has 0 aliphatic carbocycles. The maximum Gasteiger partial charge on any atom is 0.306 e. The third-order valence-corrected chi connectivity index (χ3v) is 8.93. The van der Waals surface area contributed by atoms with Crippen LogP contribution in [-0.2, 0) is 35.8 Å². The van der Waals surface area contributed by atoms with E-state index in [4.69, 9.17) is 10.8 Å². The van der Waals surface area contributed by atoms with E-state index >= 15 is 0 Å². The average molecular weight is 660 g/mol. The molecule has 1 fully saturated rings. The summed E-state index contributed by atoms with van der Waals surface area (Å²) in [5.41, 5.74) is 12.3. The fourth-order valence-electron chi connectivity index (χ4n) is 6.01. The Hall–Kier alpha value is -4.56. The van der Waals surface area contributed by atoms with Gasteiger partial charge in [-0.15, -0.1) is 5.10 Å². The van der Waals surface area contributed by atoms with Crippen molar-refractivity contribution < 1.29 is 14.7 Å². The van der Waals surface area contributed by atoms with Gasteiger partial charge in [-0.25, -0.2) is 4.98 Å². The molecule has 5 N–H and O–H groups in total. The molecule has 48 heavy (non-hydrogen) atoms. The molecule has 14 nitrogen and oxygen atoms in total. The van der Waals surface area contributed by atoms with Gasteiger partial charge in [-0.2, -0.15) is 4.98 Å². The second-order valence-electron chi connectivity index (χ2n) is 12.8. The molecule has 1 aromatic carbocycles. The number of benzene rings is 1. The highest BCUT2D eigenvalue weighted by molar-refractivity contribution is 5.87. The van der Waals surface area contributed by atoms with E-state index in [0.29, 0.717) is 12.2 Å². The first-order chi connectivity index (χ1) is 23.2. The van der Waals surface area contributed by atoms with Crippen molar-refractivity contribution in [2.45, 2.75) is 72.6 Å². The third kappa shape index (κ3) is 9.50. The number of nitrogens with one attached hydrogen (secondary N) is 2. The van der Waals surface area contributed by atoms with Gasteiger partial charge in [0, 0.05) is 65.0 Å². The summed E-state index contributed by atoms with van der Waals surface area (Å²) >= 11 is 0. The molecular weight excluding hydrogens is 610 g/mol. The number of carboxylic acid groups (broad SMARTS) is 1. The van der Waals surface area contributed by atoms with E-state index in [2.05, 4.69) is 83.5 Å². The molecule has 0 spiro atoms. The lowest BCUT2D eigenvalue weighted by atomic mass is 10.0. The van der Waals surface area contributed by atoms with Gasteiger partial charge in [0.05, 0.1) is 30.7 Å². The molecule has 1 saturated heterocycles. The lowest BCUT2D eigenvalue weighted by Gasteiger charge is -2.34. The molecule has 0 radical (unpaired) electrons. The molecule has 4 heterocycles. The van der Waals surface area contributed by atoms with Crippen molar-refractivity contribution in [3.63, 3.8) is 0 Å². The van der Waals surface area contributed by atoms with Gasteiger partial charge in [-0.05, 0) is 36.1 Å². The highest BCUT2D eigenvalue weighted by atomic mass is 16.4. The Kier molecular flexibility index (Phi) is 12.0. The van der Waals surface area contributed by atoms with E-state index in [1.54, 1.807) is 4.68 Å². The number of hydrogen-bond acceptors (Lipinski definition) is 10. The number of nitrogens with zero attached hydrogens (tertiary/aromatic N) is 8. The number of nitrogen functional groups attached to an aromatic ring is 1. The zero-order valence-corrected chi connectivity index (χ0v) is 28.4. The molecule has 1 atom stereocenters. The van der Waals surface area contributed by atoms with Crippen LogP contribution < -0.4 is 16.4 Å². The van der Waals surface area contributed by atoms with Crippen molar-refractivity contribution in [3.05, 3.63) is 59.0 Å². The van der Waals surface area contributed by atoms with Crippen molar-refractivity contribution in [2.24, 2.45) is 5.92 Å². The maximum absolute atomic E-state index is 12.0. The van der Waals surface area contributed by atoms with Crippen LogP contribution in [0.5, 0.6) is 0 Å². The SMILES string of the molecule is CCCCCNc1nc(N)nc2ccn(Cc3ccc(CN4CCN(CCn5cc(CNC(=O)CC(C)C(=O)O)nn5)CC4)cc3C)c12. The third-order valence-electron chi connectivity index (χ3n) is 8.93. The molecule has 5 rings (SSSR count). The standard InChI is InChI=1S/C34H49N11O3/c1-4-5-6-10-36-32-31-29(38-34(35)39-32)9-11-44(31)22-27-8-7-26(18-24(27)2)21-43-14-12-42(13-15-43)16-17-45-23-28(40-41-45)20-37-30(46)19-25(3)33(47)48/h7-9,11,18,23,25H,4-6,10,12-17,19-22H2,1-3H3,(H,37,46)(H,47,48)(H3,35,36,38,39). The highest BCUT2D eigenvalue weighted by Crippen LogP contribution is 2.25. The van der Waals surface area contributed by atoms with E-state index in [0.717, 1.165) is 75.6 Å². The number of carbonyl (C=O) groups is 2. The first-order valence-electron chi connectivity index (χ1n) is 17.0. The first-order valence-corrected chi connectivity index (χ1v) is 17.0. The molecule has 1 aliphatic rings. The number of aliphatic carboxylic acids is 1. The predicted octanol–water partition coefficient (Wildman–Crippen LogP) is 3.11. The number of carboxylic acids is 1. The maximum atomic E-state index is 12.0. The van der Waals surface area contributed by atoms with E-state index in [9.17, 15) is 9.59 Å². The van der Waals surface area contributed by atoms with Gasteiger partial charge >= 0.3 is 5.97 Å². The highest BCUT2D eigenvalue weighted by Gasteiger charge is 2.19. The Morgan fingerprint density at radius 2 is 1.83 bits per heavy atom. The Bertz CT molecular complexity index is 1680. The van der Waals surface area contributed by atoms with Gasteiger partial charge in [-0.1, -0.05) is 50.1 Å². The Labute approximate surface area is 281 Å². The van der Waals surface area contributed by atoms with Crippen molar-refractivity contribution in [3.8, 4) is 0 Å². The normalized spacial score (nSPS) is 14.7. The Balaban J connectivity index is 1.07. The van der Waals surface area contributed by atoms with E-state index in [1.165, 1.54) is 36.5 Å². The zero-order valence-electron chi connectivity index (χ0n) is 28.4. The van der Waals surface area contributed by atoms with Crippen LogP contribution in [0.15, 0.2) is 36.7 Å². The van der Waals surface area contributed by atoms with E-state index in [1.807, 2.05) is 12.3 Å². The number of hydrogen-bond donors (Lipinski definition) is 4. The minimum absolute atomic E-state index is 0.0583. The summed E-state index contributed by atoms with van der Waals surface area (Å²) < 4.78 is 4.00. The number of aromatic nitrogens is 6. The number of rotatable bonds is 17. The van der Waals surface area contributed by atoms with Gasteiger partial charge < -0.3 is 26.0 Å². The summed E-state index contributed by atoms with van der Waals surface area (Å²) in [4.78, 5) is 36.8. The second kappa shape index (κ2) is 16.5. The summed E-state index contributed by atoms with van der Waals surface area (Å²) in [7, 11) is 0. The summed E-state index contributed by atoms with van der Waals surface area (Å²) in [6, 6.07) is 8.81. The average Bonchev–Trinajstić information content (AvgIpc) is 3.69. The van der Waals surface area contributed by atoms with Crippen molar-refractivity contribution >= 4 is 34.7 Å². The Morgan fingerprint density at radius 1 is 1.04 bits per heavy atom. The number of piperazine rings is 1. The van der Waals surface area contributed by atoms with E-state index < -0.39 is 11.9 Å². The van der Waals surface area contributed by atoms with Crippen LogP contribution in [0.4, 0.5) is 11.8 Å². The topological polar surface area (TPSA) is 172 Å². The smallest absolute Gasteiger partial charge is 0.306 e. The van der Waals surface area contributed by atoms with Crippen LogP contribution in [0.25, 0.3) is 11.0 Å². The number of carbonyl (C=O) groups excluding carboxylic acids is 1. The van der Waals surface area contributed by atoms with Gasteiger partial charge in [0.15, 0.2) is 5.82 Å².